The molecule has 0 spiro atoms. The maximum Gasteiger partial charge on any atom is 0.265 e. The van der Waals surface area contributed by atoms with Crippen molar-refractivity contribution in [2.75, 3.05) is 36.5 Å². The molecule has 0 saturated carbocycles. The Balaban J connectivity index is 1.58. The minimum atomic E-state index is -3.75. The summed E-state index contributed by atoms with van der Waals surface area (Å²) in [5, 5.41) is 2.57. The molecule has 2 aromatic rings. The van der Waals surface area contributed by atoms with E-state index in [1.54, 1.807) is 19.1 Å². The van der Waals surface area contributed by atoms with Crippen LogP contribution in [-0.4, -0.2) is 50.8 Å². The van der Waals surface area contributed by atoms with Gasteiger partial charge in [-0.2, -0.15) is 4.31 Å². The van der Waals surface area contributed by atoms with Gasteiger partial charge in [-0.3, -0.25) is 14.5 Å². The number of carbonyl (C=O) groups excluding carboxylic acids is 2. The van der Waals surface area contributed by atoms with E-state index in [2.05, 4.69) is 5.32 Å². The summed E-state index contributed by atoms with van der Waals surface area (Å²) in [7, 11) is -3.75. The van der Waals surface area contributed by atoms with Crippen molar-refractivity contribution in [3.05, 3.63) is 47.8 Å². The number of hydrogen-bond donors (Lipinski definition) is 1. The highest BCUT2D eigenvalue weighted by molar-refractivity contribution is 7.89. The number of hydrogen-bond acceptors (Lipinski definition) is 5. The Morgan fingerprint density at radius 3 is 2.52 bits per heavy atom. The predicted molar refractivity (Wildman–Crippen MR) is 121 cm³/mol. The third-order valence-electron chi connectivity index (χ3n) is 5.83. The van der Waals surface area contributed by atoms with Crippen molar-refractivity contribution >= 4 is 33.2 Å². The standard InChI is InChI=1S/C23H26FN3O5S/c1-16-6-7-17(12-19(16)24)25-22(28)14-27-20-13-18(8-9-21(20)32-15-23(27)29)33(30,31)26-10-4-2-3-5-11-26/h6-9,12-13H,2-5,10-11,14-15H2,1H3,(H,25,28). The fraction of sp³-hybridized carbons (Fsp3) is 0.391. The topological polar surface area (TPSA) is 96.0 Å². The van der Waals surface area contributed by atoms with Crippen LogP contribution in [0.15, 0.2) is 41.3 Å². The number of nitrogens with one attached hydrogen (secondary N) is 1. The maximum absolute atomic E-state index is 13.8. The molecule has 2 aromatic carbocycles. The van der Waals surface area contributed by atoms with Crippen LogP contribution in [0, 0.1) is 12.7 Å². The average molecular weight is 476 g/mol. The molecule has 1 saturated heterocycles. The van der Waals surface area contributed by atoms with Gasteiger partial charge in [-0.05, 0) is 55.7 Å². The molecule has 176 valence electrons. The molecule has 2 aliphatic rings. The normalized spacial score (nSPS) is 17.2. The zero-order valence-electron chi connectivity index (χ0n) is 18.3. The molecule has 8 nitrogen and oxygen atoms in total. The lowest BCUT2D eigenvalue weighted by Crippen LogP contribution is -2.43. The molecule has 1 N–H and O–H groups in total. The lowest BCUT2D eigenvalue weighted by Gasteiger charge is -2.30. The van der Waals surface area contributed by atoms with Gasteiger partial charge < -0.3 is 10.1 Å². The molecule has 0 atom stereocenters. The Labute approximate surface area is 192 Å². The van der Waals surface area contributed by atoms with Crippen molar-refractivity contribution in [3.8, 4) is 5.75 Å². The van der Waals surface area contributed by atoms with Crippen LogP contribution in [0.1, 0.15) is 31.2 Å². The molecular weight excluding hydrogens is 449 g/mol. The summed E-state index contributed by atoms with van der Waals surface area (Å²) in [5.41, 5.74) is 0.928. The minimum Gasteiger partial charge on any atom is -0.482 e. The monoisotopic (exact) mass is 475 g/mol. The van der Waals surface area contributed by atoms with Gasteiger partial charge in [-0.15, -0.1) is 0 Å². The van der Waals surface area contributed by atoms with Gasteiger partial charge in [0.05, 0.1) is 10.6 Å². The average Bonchev–Trinajstić information content (AvgIpc) is 3.08. The smallest absolute Gasteiger partial charge is 0.265 e. The predicted octanol–water partition coefficient (Wildman–Crippen LogP) is 3.06. The highest BCUT2D eigenvalue weighted by atomic mass is 32.2. The van der Waals surface area contributed by atoms with E-state index in [9.17, 15) is 22.4 Å². The maximum atomic E-state index is 13.8. The molecule has 2 aliphatic heterocycles. The number of benzene rings is 2. The number of amides is 2. The van der Waals surface area contributed by atoms with Gasteiger partial charge in [0.1, 0.15) is 18.1 Å². The van der Waals surface area contributed by atoms with Crippen LogP contribution in [0.2, 0.25) is 0 Å². The van der Waals surface area contributed by atoms with Crippen molar-refractivity contribution in [2.45, 2.75) is 37.5 Å². The zero-order valence-corrected chi connectivity index (χ0v) is 19.2. The van der Waals surface area contributed by atoms with Gasteiger partial charge in [-0.25, -0.2) is 12.8 Å². The van der Waals surface area contributed by atoms with E-state index in [-0.39, 0.29) is 29.4 Å². The van der Waals surface area contributed by atoms with E-state index < -0.39 is 27.7 Å². The van der Waals surface area contributed by atoms with Crippen molar-refractivity contribution < 1.29 is 27.1 Å². The first kappa shape index (κ1) is 23.2. The number of ether oxygens (including phenoxy) is 1. The van der Waals surface area contributed by atoms with Crippen LogP contribution in [0.5, 0.6) is 5.75 Å². The summed E-state index contributed by atoms with van der Waals surface area (Å²) >= 11 is 0. The van der Waals surface area contributed by atoms with E-state index in [0.717, 1.165) is 25.7 Å². The first-order chi connectivity index (χ1) is 15.8. The van der Waals surface area contributed by atoms with Crippen molar-refractivity contribution in [3.63, 3.8) is 0 Å². The van der Waals surface area contributed by atoms with E-state index in [1.807, 2.05) is 0 Å². The van der Waals surface area contributed by atoms with E-state index >= 15 is 0 Å². The van der Waals surface area contributed by atoms with E-state index in [1.165, 1.54) is 33.5 Å². The van der Waals surface area contributed by atoms with Crippen LogP contribution in [0.4, 0.5) is 15.8 Å². The van der Waals surface area contributed by atoms with Crippen LogP contribution < -0.4 is 15.0 Å². The number of anilines is 2. The van der Waals surface area contributed by atoms with Crippen molar-refractivity contribution in [1.29, 1.82) is 0 Å². The Morgan fingerprint density at radius 2 is 1.82 bits per heavy atom. The quantitative estimate of drug-likeness (QED) is 0.717. The Morgan fingerprint density at radius 1 is 1.09 bits per heavy atom. The second kappa shape index (κ2) is 9.48. The Bertz CT molecular complexity index is 1180. The van der Waals surface area contributed by atoms with Crippen molar-refractivity contribution in [2.24, 2.45) is 0 Å². The summed E-state index contributed by atoms with van der Waals surface area (Å²) in [6.45, 7) is 1.89. The van der Waals surface area contributed by atoms with Gasteiger partial charge in [0.2, 0.25) is 15.9 Å². The molecule has 10 heteroatoms. The number of fused-ring (bicyclic) bond motifs is 1. The Kier molecular flexibility index (Phi) is 6.66. The fourth-order valence-electron chi connectivity index (χ4n) is 3.96. The highest BCUT2D eigenvalue weighted by Crippen LogP contribution is 2.35. The summed E-state index contributed by atoms with van der Waals surface area (Å²) in [6.07, 6.45) is 3.59. The molecule has 4 rings (SSSR count). The van der Waals surface area contributed by atoms with Gasteiger partial charge in [-0.1, -0.05) is 18.9 Å². The third-order valence-corrected chi connectivity index (χ3v) is 7.73. The summed E-state index contributed by atoms with van der Waals surface area (Å²) in [5.74, 6) is -1.15. The van der Waals surface area contributed by atoms with Gasteiger partial charge in [0.15, 0.2) is 6.61 Å². The molecule has 2 heterocycles. The number of nitrogens with zero attached hydrogens (tertiary/aromatic N) is 2. The van der Waals surface area contributed by atoms with E-state index in [4.69, 9.17) is 4.74 Å². The fourth-order valence-corrected chi connectivity index (χ4v) is 5.50. The second-order valence-corrected chi connectivity index (χ2v) is 10.2. The number of carbonyl (C=O) groups is 2. The first-order valence-corrected chi connectivity index (χ1v) is 12.3. The van der Waals surface area contributed by atoms with Crippen LogP contribution in [0.25, 0.3) is 0 Å². The molecule has 1 fully saturated rings. The second-order valence-electron chi connectivity index (χ2n) is 8.23. The molecule has 0 unspecified atom stereocenters. The lowest BCUT2D eigenvalue weighted by molar-refractivity contribution is -0.123. The molecule has 33 heavy (non-hydrogen) atoms. The van der Waals surface area contributed by atoms with Crippen LogP contribution in [-0.2, 0) is 19.6 Å². The molecular formula is C23H26FN3O5S. The number of sulfonamides is 1. The summed E-state index contributed by atoms with van der Waals surface area (Å²) < 4.78 is 47.1. The van der Waals surface area contributed by atoms with Gasteiger partial charge in [0, 0.05) is 18.8 Å². The van der Waals surface area contributed by atoms with Gasteiger partial charge in [0.25, 0.3) is 5.91 Å². The SMILES string of the molecule is Cc1ccc(NC(=O)CN2C(=O)COc3ccc(S(=O)(=O)N4CCCCCC4)cc32)cc1F. The third kappa shape index (κ3) is 5.01. The largest absolute Gasteiger partial charge is 0.482 e. The summed E-state index contributed by atoms with van der Waals surface area (Å²) in [4.78, 5) is 26.4. The molecule has 0 radical (unpaired) electrons. The lowest BCUT2D eigenvalue weighted by atomic mass is 10.2. The van der Waals surface area contributed by atoms with Crippen LogP contribution >= 0.6 is 0 Å². The summed E-state index contributed by atoms with van der Waals surface area (Å²) in [6, 6.07) is 8.66. The minimum absolute atomic E-state index is 0.0486. The molecule has 2 amide bonds. The Hall–Kier alpha value is -2.98. The van der Waals surface area contributed by atoms with Gasteiger partial charge >= 0.3 is 0 Å². The molecule has 0 bridgehead atoms. The number of aryl methyl sites for hydroxylation is 1. The van der Waals surface area contributed by atoms with E-state index in [0.29, 0.717) is 24.4 Å². The number of halogens is 1. The van der Waals surface area contributed by atoms with Crippen LogP contribution in [0.3, 0.4) is 0 Å². The molecule has 0 aliphatic carbocycles. The first-order valence-electron chi connectivity index (χ1n) is 10.9. The zero-order chi connectivity index (χ0) is 23.6. The molecule has 0 aromatic heterocycles. The van der Waals surface area contributed by atoms with Crippen molar-refractivity contribution in [1.82, 2.24) is 4.31 Å². The number of rotatable bonds is 5. The highest BCUT2D eigenvalue weighted by Gasteiger charge is 2.31.